The molecule has 0 fully saturated rings. The van der Waals surface area contributed by atoms with Gasteiger partial charge in [-0.1, -0.05) is 0 Å². The van der Waals surface area contributed by atoms with Crippen molar-refractivity contribution >= 4 is 11.4 Å². The zero-order chi connectivity index (χ0) is 11.3. The van der Waals surface area contributed by atoms with Crippen molar-refractivity contribution < 1.29 is 9.84 Å². The Hall–Kier alpha value is -1.42. The van der Waals surface area contributed by atoms with Gasteiger partial charge in [-0.2, -0.15) is 0 Å². The smallest absolute Gasteiger partial charge is 0.142 e. The van der Waals surface area contributed by atoms with Gasteiger partial charge in [-0.15, -0.1) is 0 Å². The number of nitrogens with one attached hydrogen (secondary N) is 1. The summed E-state index contributed by atoms with van der Waals surface area (Å²) in [5.74, 6) is 0.713. The minimum atomic E-state index is 0.104. The van der Waals surface area contributed by atoms with Crippen molar-refractivity contribution in [1.82, 2.24) is 0 Å². The number of aliphatic hydroxyl groups excluding tert-OH is 1. The molecule has 84 valence electrons. The van der Waals surface area contributed by atoms with E-state index >= 15 is 0 Å². The second kappa shape index (κ2) is 5.46. The van der Waals surface area contributed by atoms with Gasteiger partial charge in [0.05, 0.1) is 18.9 Å². The van der Waals surface area contributed by atoms with E-state index in [0.717, 1.165) is 11.3 Å². The highest BCUT2D eigenvalue weighted by Crippen LogP contribution is 2.28. The van der Waals surface area contributed by atoms with Crippen molar-refractivity contribution in [2.24, 2.45) is 0 Å². The van der Waals surface area contributed by atoms with Crippen molar-refractivity contribution in [3.8, 4) is 5.75 Å². The summed E-state index contributed by atoms with van der Waals surface area (Å²) in [6.07, 6.45) is 0. The first-order valence-electron chi connectivity index (χ1n) is 5.06. The zero-order valence-electron chi connectivity index (χ0n) is 9.21. The maximum atomic E-state index is 8.71. The third-order valence-electron chi connectivity index (χ3n) is 2.08. The van der Waals surface area contributed by atoms with E-state index in [2.05, 4.69) is 5.32 Å². The van der Waals surface area contributed by atoms with Crippen LogP contribution >= 0.6 is 0 Å². The molecule has 0 aliphatic heterocycles. The van der Waals surface area contributed by atoms with Gasteiger partial charge in [0.25, 0.3) is 0 Å². The maximum absolute atomic E-state index is 8.71. The van der Waals surface area contributed by atoms with Gasteiger partial charge in [0.2, 0.25) is 0 Å². The summed E-state index contributed by atoms with van der Waals surface area (Å²) in [4.78, 5) is 0. The predicted molar refractivity (Wildman–Crippen MR) is 62.3 cm³/mol. The Morgan fingerprint density at radius 2 is 2.20 bits per heavy atom. The van der Waals surface area contributed by atoms with Crippen molar-refractivity contribution in [2.45, 2.75) is 13.8 Å². The summed E-state index contributed by atoms with van der Waals surface area (Å²) in [7, 11) is 0. The van der Waals surface area contributed by atoms with Crippen molar-refractivity contribution in [1.29, 1.82) is 0 Å². The maximum Gasteiger partial charge on any atom is 0.142 e. The number of hydrogen-bond donors (Lipinski definition) is 3. The molecule has 0 spiro atoms. The molecule has 4 nitrogen and oxygen atoms in total. The Labute approximate surface area is 90.1 Å². The molecule has 15 heavy (non-hydrogen) atoms. The minimum absolute atomic E-state index is 0.104. The van der Waals surface area contributed by atoms with E-state index in [-0.39, 0.29) is 6.61 Å². The molecule has 0 heterocycles. The van der Waals surface area contributed by atoms with E-state index in [1.54, 1.807) is 0 Å². The number of nitrogens with two attached hydrogens (primary N) is 1. The summed E-state index contributed by atoms with van der Waals surface area (Å²) in [5, 5.41) is 11.8. The molecule has 0 atom stereocenters. The number of aliphatic hydroxyl groups is 1. The molecule has 0 aliphatic rings. The highest BCUT2D eigenvalue weighted by molar-refractivity contribution is 5.66. The first-order valence-corrected chi connectivity index (χ1v) is 5.06. The number of anilines is 2. The number of ether oxygens (including phenoxy) is 1. The second-order valence-electron chi connectivity index (χ2n) is 3.29. The average Bonchev–Trinajstić information content (AvgIpc) is 2.21. The van der Waals surface area contributed by atoms with Crippen LogP contribution in [0.1, 0.15) is 12.5 Å². The van der Waals surface area contributed by atoms with Crippen molar-refractivity contribution in [2.75, 3.05) is 30.8 Å². The zero-order valence-corrected chi connectivity index (χ0v) is 9.21. The second-order valence-corrected chi connectivity index (χ2v) is 3.29. The lowest BCUT2D eigenvalue weighted by atomic mass is 10.1. The molecule has 0 saturated heterocycles. The summed E-state index contributed by atoms with van der Waals surface area (Å²) >= 11 is 0. The van der Waals surface area contributed by atoms with Crippen molar-refractivity contribution in [3.05, 3.63) is 17.7 Å². The number of benzene rings is 1. The topological polar surface area (TPSA) is 67.5 Å². The van der Waals surface area contributed by atoms with Crippen LogP contribution in [0.2, 0.25) is 0 Å². The summed E-state index contributed by atoms with van der Waals surface area (Å²) < 4.78 is 5.37. The van der Waals surface area contributed by atoms with E-state index < -0.39 is 0 Å². The minimum Gasteiger partial charge on any atom is -0.492 e. The number of hydrogen-bond acceptors (Lipinski definition) is 4. The van der Waals surface area contributed by atoms with E-state index in [9.17, 15) is 0 Å². The Morgan fingerprint density at radius 3 is 2.80 bits per heavy atom. The van der Waals surface area contributed by atoms with Crippen LogP contribution in [-0.2, 0) is 0 Å². The molecular weight excluding hydrogens is 192 g/mol. The van der Waals surface area contributed by atoms with Crippen LogP contribution < -0.4 is 15.8 Å². The fraction of sp³-hybridized carbons (Fsp3) is 0.455. The van der Waals surface area contributed by atoms with Crippen LogP contribution in [-0.4, -0.2) is 24.9 Å². The standard InChI is InChI=1S/C11H18N2O2/c1-3-15-11-6-8(2)10(7-9(11)12)13-4-5-14/h6-7,13-14H,3-5,12H2,1-2H3. The molecule has 4 N–H and O–H groups in total. The highest BCUT2D eigenvalue weighted by atomic mass is 16.5. The molecule has 4 heteroatoms. The SMILES string of the molecule is CCOc1cc(C)c(NCCO)cc1N. The normalized spacial score (nSPS) is 10.1. The molecule has 0 aromatic heterocycles. The molecule has 0 radical (unpaired) electrons. The van der Waals surface area contributed by atoms with Gasteiger partial charge in [-0.3, -0.25) is 0 Å². The molecule has 0 unspecified atom stereocenters. The van der Waals surface area contributed by atoms with Crippen molar-refractivity contribution in [3.63, 3.8) is 0 Å². The first-order chi connectivity index (χ1) is 7.19. The molecule has 1 aromatic rings. The Balaban J connectivity index is 2.87. The van der Waals surface area contributed by atoms with Gasteiger partial charge < -0.3 is 20.9 Å². The van der Waals surface area contributed by atoms with Crippen LogP contribution in [0.5, 0.6) is 5.75 Å². The van der Waals surface area contributed by atoms with E-state index in [1.165, 1.54) is 0 Å². The van der Waals surface area contributed by atoms with Crippen LogP contribution in [0, 0.1) is 6.92 Å². The Morgan fingerprint density at radius 1 is 1.47 bits per heavy atom. The largest absolute Gasteiger partial charge is 0.492 e. The average molecular weight is 210 g/mol. The van der Waals surface area contributed by atoms with Gasteiger partial charge >= 0.3 is 0 Å². The first kappa shape index (κ1) is 11.7. The fourth-order valence-corrected chi connectivity index (χ4v) is 1.36. The Bertz CT molecular complexity index is 327. The third kappa shape index (κ3) is 3.02. The monoisotopic (exact) mass is 210 g/mol. The molecule has 0 aliphatic carbocycles. The molecule has 0 amide bonds. The number of nitrogen functional groups attached to an aromatic ring is 1. The lowest BCUT2D eigenvalue weighted by molar-refractivity contribution is 0.311. The third-order valence-corrected chi connectivity index (χ3v) is 2.08. The van der Waals surface area contributed by atoms with E-state index in [0.29, 0.717) is 24.6 Å². The summed E-state index contributed by atoms with van der Waals surface area (Å²) in [5.41, 5.74) is 8.43. The number of aryl methyl sites for hydroxylation is 1. The Kier molecular flexibility index (Phi) is 4.24. The quantitative estimate of drug-likeness (QED) is 0.642. The van der Waals surface area contributed by atoms with Gasteiger partial charge in [-0.25, -0.2) is 0 Å². The lowest BCUT2D eigenvalue weighted by Crippen LogP contribution is -2.07. The highest BCUT2D eigenvalue weighted by Gasteiger charge is 2.05. The van der Waals surface area contributed by atoms with Gasteiger partial charge in [0.15, 0.2) is 0 Å². The molecule has 1 aromatic carbocycles. The van der Waals surface area contributed by atoms with E-state index in [4.69, 9.17) is 15.6 Å². The molecule has 0 saturated carbocycles. The van der Waals surface area contributed by atoms with Crippen LogP contribution in [0.3, 0.4) is 0 Å². The molecule has 0 bridgehead atoms. The molecule has 1 rings (SSSR count). The lowest BCUT2D eigenvalue weighted by Gasteiger charge is -2.13. The van der Waals surface area contributed by atoms with Gasteiger partial charge in [-0.05, 0) is 31.5 Å². The molecular formula is C11H18N2O2. The van der Waals surface area contributed by atoms with Gasteiger partial charge in [0.1, 0.15) is 5.75 Å². The van der Waals surface area contributed by atoms with Crippen LogP contribution in [0.15, 0.2) is 12.1 Å². The number of rotatable bonds is 5. The van der Waals surface area contributed by atoms with Crippen LogP contribution in [0.4, 0.5) is 11.4 Å². The van der Waals surface area contributed by atoms with Gasteiger partial charge in [0, 0.05) is 12.2 Å². The summed E-state index contributed by atoms with van der Waals surface area (Å²) in [6.45, 7) is 5.13. The van der Waals surface area contributed by atoms with E-state index in [1.807, 2.05) is 26.0 Å². The van der Waals surface area contributed by atoms with Crippen LogP contribution in [0.25, 0.3) is 0 Å². The summed E-state index contributed by atoms with van der Waals surface area (Å²) in [6, 6.07) is 3.73. The predicted octanol–water partition coefficient (Wildman–Crippen LogP) is 1.38. The fourth-order valence-electron chi connectivity index (χ4n) is 1.36.